The summed E-state index contributed by atoms with van der Waals surface area (Å²) in [7, 11) is 1.40. The van der Waals surface area contributed by atoms with Crippen molar-refractivity contribution >= 4 is 5.97 Å². The van der Waals surface area contributed by atoms with Gasteiger partial charge < -0.3 is 14.4 Å². The average molecular weight is 264 g/mol. The highest BCUT2D eigenvalue weighted by atomic mass is 19.1. The van der Waals surface area contributed by atoms with Gasteiger partial charge in [0, 0.05) is 30.6 Å². The van der Waals surface area contributed by atoms with Crippen molar-refractivity contribution in [2.24, 2.45) is 0 Å². The number of aryl methyl sites for hydroxylation is 1. The number of hydrogen-bond acceptors (Lipinski definition) is 3. The lowest BCUT2D eigenvalue weighted by Crippen LogP contribution is -2.05. The topological polar surface area (TPSA) is 64.4 Å². The number of imidazole rings is 1. The molecule has 100 valence electrons. The van der Waals surface area contributed by atoms with Gasteiger partial charge in [-0.25, -0.2) is 9.37 Å². The van der Waals surface area contributed by atoms with Crippen molar-refractivity contribution in [3.05, 3.63) is 42.2 Å². The van der Waals surface area contributed by atoms with Crippen LogP contribution < -0.4 is 4.74 Å². The van der Waals surface area contributed by atoms with Crippen LogP contribution in [0.3, 0.4) is 0 Å². The second kappa shape index (κ2) is 5.51. The number of carbonyl (C=O) groups is 1. The maximum Gasteiger partial charge on any atom is 0.303 e. The Hall–Kier alpha value is -2.37. The minimum Gasteiger partial charge on any atom is -0.494 e. The maximum atomic E-state index is 13.6. The Morgan fingerprint density at radius 2 is 2.32 bits per heavy atom. The largest absolute Gasteiger partial charge is 0.494 e. The minimum atomic E-state index is -0.893. The van der Waals surface area contributed by atoms with E-state index in [-0.39, 0.29) is 18.6 Å². The van der Waals surface area contributed by atoms with Gasteiger partial charge in [0.2, 0.25) is 0 Å². The quantitative estimate of drug-likeness (QED) is 0.897. The number of aromatic nitrogens is 2. The van der Waals surface area contributed by atoms with Crippen molar-refractivity contribution in [2.45, 2.75) is 12.8 Å². The summed E-state index contributed by atoms with van der Waals surface area (Å²) in [6.07, 6.45) is 3.49. The molecule has 6 heteroatoms. The number of halogens is 1. The second-order valence-electron chi connectivity index (χ2n) is 3.93. The van der Waals surface area contributed by atoms with E-state index in [1.165, 1.54) is 19.2 Å². The van der Waals surface area contributed by atoms with Gasteiger partial charge in [-0.15, -0.1) is 0 Å². The zero-order valence-corrected chi connectivity index (χ0v) is 10.3. The van der Waals surface area contributed by atoms with Crippen molar-refractivity contribution in [3.63, 3.8) is 0 Å². The molecule has 5 nitrogen and oxygen atoms in total. The number of rotatable bonds is 5. The lowest BCUT2D eigenvalue weighted by Gasteiger charge is -2.09. The summed E-state index contributed by atoms with van der Waals surface area (Å²) >= 11 is 0. The molecule has 1 heterocycles. The maximum absolute atomic E-state index is 13.6. The number of carboxylic acid groups (broad SMARTS) is 1. The third-order valence-electron chi connectivity index (χ3n) is 2.69. The van der Waals surface area contributed by atoms with Crippen molar-refractivity contribution in [1.82, 2.24) is 9.55 Å². The van der Waals surface area contributed by atoms with Crippen LogP contribution in [0.2, 0.25) is 0 Å². The number of methoxy groups -OCH3 is 1. The smallest absolute Gasteiger partial charge is 0.303 e. The SMILES string of the molecule is COc1ccc(-n2ccnc2CCC(=O)O)cc1F. The molecule has 2 rings (SSSR count). The third kappa shape index (κ3) is 2.90. The van der Waals surface area contributed by atoms with Gasteiger partial charge in [-0.3, -0.25) is 4.79 Å². The number of aliphatic carboxylic acids is 1. The highest BCUT2D eigenvalue weighted by Gasteiger charge is 2.10. The first-order valence-electron chi connectivity index (χ1n) is 5.69. The number of nitrogens with zero attached hydrogens (tertiary/aromatic N) is 2. The molecule has 1 aromatic heterocycles. The van der Waals surface area contributed by atoms with Gasteiger partial charge in [0.25, 0.3) is 0 Å². The number of benzene rings is 1. The zero-order valence-electron chi connectivity index (χ0n) is 10.3. The molecule has 0 bridgehead atoms. The predicted molar refractivity (Wildman–Crippen MR) is 66.0 cm³/mol. The number of hydrogen-bond donors (Lipinski definition) is 1. The number of ether oxygens (including phenoxy) is 1. The lowest BCUT2D eigenvalue weighted by atomic mass is 10.2. The summed E-state index contributed by atoms with van der Waals surface area (Å²) < 4.78 is 20.1. The van der Waals surface area contributed by atoms with Crippen molar-refractivity contribution in [3.8, 4) is 11.4 Å². The van der Waals surface area contributed by atoms with Gasteiger partial charge in [0.1, 0.15) is 5.82 Å². The van der Waals surface area contributed by atoms with E-state index in [1.807, 2.05) is 0 Å². The summed E-state index contributed by atoms with van der Waals surface area (Å²) in [4.78, 5) is 14.6. The first-order chi connectivity index (χ1) is 9.11. The molecule has 1 N–H and O–H groups in total. The molecular weight excluding hydrogens is 251 g/mol. The Balaban J connectivity index is 2.29. The van der Waals surface area contributed by atoms with E-state index in [4.69, 9.17) is 9.84 Å². The van der Waals surface area contributed by atoms with Gasteiger partial charge in [0.05, 0.1) is 13.5 Å². The molecule has 0 amide bonds. The van der Waals surface area contributed by atoms with Gasteiger partial charge in [0.15, 0.2) is 11.6 Å². The van der Waals surface area contributed by atoms with Crippen molar-refractivity contribution < 1.29 is 19.0 Å². The van der Waals surface area contributed by atoms with Crippen LogP contribution in [0, 0.1) is 5.82 Å². The van der Waals surface area contributed by atoms with Gasteiger partial charge in [-0.2, -0.15) is 0 Å². The van der Waals surface area contributed by atoms with E-state index in [0.717, 1.165) is 0 Å². The van der Waals surface area contributed by atoms with Crippen LogP contribution in [-0.2, 0) is 11.2 Å². The molecule has 0 spiro atoms. The molecule has 0 aliphatic heterocycles. The Kier molecular flexibility index (Phi) is 3.79. The highest BCUT2D eigenvalue weighted by Crippen LogP contribution is 2.21. The van der Waals surface area contributed by atoms with E-state index in [2.05, 4.69) is 4.98 Å². The molecule has 0 fully saturated rings. The molecular formula is C13H13FN2O3. The van der Waals surface area contributed by atoms with Gasteiger partial charge >= 0.3 is 5.97 Å². The molecule has 1 aromatic carbocycles. The predicted octanol–water partition coefficient (Wildman–Crippen LogP) is 2.04. The zero-order chi connectivity index (χ0) is 13.8. The summed E-state index contributed by atoms with van der Waals surface area (Å²) in [6, 6.07) is 4.53. The Labute approximate surface area is 109 Å². The average Bonchev–Trinajstić information content (AvgIpc) is 2.84. The normalized spacial score (nSPS) is 10.4. The Morgan fingerprint density at radius 3 is 2.95 bits per heavy atom. The molecule has 0 saturated carbocycles. The molecule has 2 aromatic rings. The Morgan fingerprint density at radius 1 is 1.53 bits per heavy atom. The van der Waals surface area contributed by atoms with Crippen LogP contribution in [0.1, 0.15) is 12.2 Å². The summed E-state index contributed by atoms with van der Waals surface area (Å²) in [6.45, 7) is 0. The molecule has 0 aliphatic carbocycles. The van der Waals surface area contributed by atoms with Gasteiger partial charge in [-0.1, -0.05) is 0 Å². The van der Waals surface area contributed by atoms with Crippen LogP contribution in [0.25, 0.3) is 5.69 Å². The monoisotopic (exact) mass is 264 g/mol. The number of carboxylic acids is 1. The van der Waals surface area contributed by atoms with Crippen LogP contribution in [0.4, 0.5) is 4.39 Å². The second-order valence-corrected chi connectivity index (χ2v) is 3.93. The van der Waals surface area contributed by atoms with E-state index >= 15 is 0 Å². The fourth-order valence-corrected chi connectivity index (χ4v) is 1.78. The highest BCUT2D eigenvalue weighted by molar-refractivity contribution is 5.66. The van der Waals surface area contributed by atoms with Crippen LogP contribution in [0.15, 0.2) is 30.6 Å². The van der Waals surface area contributed by atoms with E-state index in [0.29, 0.717) is 11.5 Å². The molecule has 0 atom stereocenters. The summed E-state index contributed by atoms with van der Waals surface area (Å²) in [5, 5.41) is 8.67. The fraction of sp³-hybridized carbons (Fsp3) is 0.231. The first kappa shape index (κ1) is 13.1. The fourth-order valence-electron chi connectivity index (χ4n) is 1.78. The first-order valence-corrected chi connectivity index (χ1v) is 5.69. The standard InChI is InChI=1S/C13H13FN2O3/c1-19-11-3-2-9(8-10(11)14)16-7-6-15-12(16)4-5-13(17)18/h2-3,6-8H,4-5H2,1H3,(H,17,18). The molecule has 19 heavy (non-hydrogen) atoms. The van der Waals surface area contributed by atoms with Crippen LogP contribution >= 0.6 is 0 Å². The molecule has 0 radical (unpaired) electrons. The lowest BCUT2D eigenvalue weighted by molar-refractivity contribution is -0.137. The van der Waals surface area contributed by atoms with E-state index in [1.54, 1.807) is 23.0 Å². The molecule has 0 aliphatic rings. The third-order valence-corrected chi connectivity index (χ3v) is 2.69. The summed E-state index contributed by atoms with van der Waals surface area (Å²) in [5.74, 6) is -0.628. The summed E-state index contributed by atoms with van der Waals surface area (Å²) in [5.41, 5.74) is 0.580. The molecule has 0 saturated heterocycles. The molecule has 0 unspecified atom stereocenters. The van der Waals surface area contributed by atoms with E-state index in [9.17, 15) is 9.18 Å². The van der Waals surface area contributed by atoms with Crippen molar-refractivity contribution in [1.29, 1.82) is 0 Å². The van der Waals surface area contributed by atoms with E-state index < -0.39 is 11.8 Å². The van der Waals surface area contributed by atoms with Crippen molar-refractivity contribution in [2.75, 3.05) is 7.11 Å². The van der Waals surface area contributed by atoms with Crippen LogP contribution in [0.5, 0.6) is 5.75 Å². The van der Waals surface area contributed by atoms with Crippen LogP contribution in [-0.4, -0.2) is 27.7 Å². The van der Waals surface area contributed by atoms with Gasteiger partial charge in [-0.05, 0) is 12.1 Å². The Bertz CT molecular complexity index is 595. The minimum absolute atomic E-state index is 0.0182.